The number of pyridine rings is 1. The van der Waals surface area contributed by atoms with Gasteiger partial charge in [0.15, 0.2) is 0 Å². The van der Waals surface area contributed by atoms with Gasteiger partial charge in [-0.3, -0.25) is 4.98 Å². The van der Waals surface area contributed by atoms with Crippen LogP contribution in [0.25, 0.3) is 10.9 Å². The Balaban J connectivity index is 1.62. The lowest BCUT2D eigenvalue weighted by molar-refractivity contribution is 0.0734. The number of nitrogens with one attached hydrogen (secondary N) is 1. The van der Waals surface area contributed by atoms with Crippen LogP contribution in [0, 0.1) is 10.5 Å². The van der Waals surface area contributed by atoms with E-state index in [-0.39, 0.29) is 5.97 Å². The van der Waals surface area contributed by atoms with Crippen molar-refractivity contribution in [1.29, 1.82) is 0 Å². The molecular formula is C24H19IN2O3. The van der Waals surface area contributed by atoms with E-state index in [0.29, 0.717) is 11.3 Å². The predicted molar refractivity (Wildman–Crippen MR) is 127 cm³/mol. The number of para-hydroxylation sites is 1. The summed E-state index contributed by atoms with van der Waals surface area (Å²) in [5, 5.41) is 4.48. The van der Waals surface area contributed by atoms with Gasteiger partial charge in [-0.1, -0.05) is 30.3 Å². The van der Waals surface area contributed by atoms with E-state index in [9.17, 15) is 4.79 Å². The molecule has 1 aromatic heterocycles. The molecule has 5 nitrogen and oxygen atoms in total. The second kappa shape index (κ2) is 8.71. The number of ether oxygens (including phenoxy) is 2. The highest BCUT2D eigenvalue weighted by Gasteiger charge is 2.13. The van der Waals surface area contributed by atoms with Crippen molar-refractivity contribution in [2.45, 2.75) is 6.92 Å². The van der Waals surface area contributed by atoms with Crippen LogP contribution in [-0.4, -0.2) is 18.1 Å². The second-order valence-corrected chi connectivity index (χ2v) is 7.86. The first-order chi connectivity index (χ1) is 14.6. The number of esters is 1. The van der Waals surface area contributed by atoms with Crippen LogP contribution in [0.5, 0.6) is 11.5 Å². The van der Waals surface area contributed by atoms with Crippen molar-refractivity contribution < 1.29 is 14.3 Å². The average molecular weight is 510 g/mol. The molecule has 0 bridgehead atoms. The molecule has 4 rings (SSSR count). The number of rotatable bonds is 5. The lowest BCUT2D eigenvalue weighted by atomic mass is 10.1. The minimum absolute atomic E-state index is 0.377. The summed E-state index contributed by atoms with van der Waals surface area (Å²) in [5.41, 5.74) is 4.15. The lowest BCUT2D eigenvalue weighted by Crippen LogP contribution is -2.08. The number of hydrogen-bond acceptors (Lipinski definition) is 5. The van der Waals surface area contributed by atoms with Gasteiger partial charge in [0.05, 0.1) is 21.9 Å². The highest BCUT2D eigenvalue weighted by atomic mass is 127. The molecule has 6 heteroatoms. The number of aryl methyl sites for hydroxylation is 1. The van der Waals surface area contributed by atoms with Crippen molar-refractivity contribution in [3.63, 3.8) is 0 Å². The van der Waals surface area contributed by atoms with Crippen molar-refractivity contribution >= 4 is 50.8 Å². The highest BCUT2D eigenvalue weighted by molar-refractivity contribution is 14.1. The van der Waals surface area contributed by atoms with Gasteiger partial charge in [-0.2, -0.15) is 0 Å². The Labute approximate surface area is 188 Å². The van der Waals surface area contributed by atoms with Gasteiger partial charge in [0.25, 0.3) is 0 Å². The molecule has 0 saturated carbocycles. The van der Waals surface area contributed by atoms with Crippen LogP contribution >= 0.6 is 22.6 Å². The molecule has 4 aromatic rings. The van der Waals surface area contributed by atoms with Gasteiger partial charge in [0.1, 0.15) is 17.0 Å². The topological polar surface area (TPSA) is 60.5 Å². The number of nitrogens with zero attached hydrogens (tertiary/aromatic N) is 1. The number of hydrogen-bond donors (Lipinski definition) is 1. The molecule has 1 heterocycles. The molecule has 0 aliphatic heterocycles. The van der Waals surface area contributed by atoms with Crippen molar-refractivity contribution in [3.8, 4) is 11.5 Å². The zero-order valence-electron chi connectivity index (χ0n) is 16.5. The zero-order chi connectivity index (χ0) is 21.1. The zero-order valence-corrected chi connectivity index (χ0v) is 18.6. The molecule has 30 heavy (non-hydrogen) atoms. The maximum Gasteiger partial charge on any atom is 0.343 e. The van der Waals surface area contributed by atoms with Crippen LogP contribution in [0.3, 0.4) is 0 Å². The summed E-state index contributed by atoms with van der Waals surface area (Å²) in [5.74, 6) is 0.854. The number of halogens is 1. The number of benzene rings is 3. The molecule has 0 unspecified atom stereocenters. The van der Waals surface area contributed by atoms with E-state index in [2.05, 4.69) is 32.9 Å². The second-order valence-electron chi connectivity index (χ2n) is 6.69. The van der Waals surface area contributed by atoms with Crippen LogP contribution in [0.1, 0.15) is 15.9 Å². The number of anilines is 2. The quantitative estimate of drug-likeness (QED) is 0.199. The third-order valence-electron chi connectivity index (χ3n) is 4.71. The Hall–Kier alpha value is -3.13. The van der Waals surface area contributed by atoms with Crippen LogP contribution in [0.15, 0.2) is 72.9 Å². The Bertz CT molecular complexity index is 1230. The molecule has 0 aliphatic rings. The lowest BCUT2D eigenvalue weighted by Gasteiger charge is -2.15. The minimum Gasteiger partial charge on any atom is -0.494 e. The molecule has 1 N–H and O–H groups in total. The number of carbonyl (C=O) groups is 1. The number of methoxy groups -OCH3 is 1. The summed E-state index contributed by atoms with van der Waals surface area (Å²) in [6.07, 6.45) is 1.82. The molecule has 3 aromatic carbocycles. The number of fused-ring (bicyclic) bond motifs is 1. The summed E-state index contributed by atoms with van der Waals surface area (Å²) >= 11 is 2.26. The van der Waals surface area contributed by atoms with Crippen molar-refractivity contribution in [1.82, 2.24) is 4.98 Å². The third kappa shape index (κ3) is 4.09. The smallest absolute Gasteiger partial charge is 0.343 e. The molecule has 0 radical (unpaired) electrons. The highest BCUT2D eigenvalue weighted by Crippen LogP contribution is 2.35. The van der Waals surface area contributed by atoms with E-state index >= 15 is 0 Å². The van der Waals surface area contributed by atoms with Crippen LogP contribution in [0.4, 0.5) is 11.4 Å². The molecule has 150 valence electrons. The third-order valence-corrected chi connectivity index (χ3v) is 5.53. The summed E-state index contributed by atoms with van der Waals surface area (Å²) in [6.45, 7) is 1.97. The van der Waals surface area contributed by atoms with Gasteiger partial charge >= 0.3 is 5.97 Å². The average Bonchev–Trinajstić information content (AvgIpc) is 2.77. The van der Waals surface area contributed by atoms with Crippen molar-refractivity contribution in [2.75, 3.05) is 12.4 Å². The largest absolute Gasteiger partial charge is 0.494 e. The predicted octanol–water partition coefficient (Wildman–Crippen LogP) is 6.12. The fourth-order valence-electron chi connectivity index (χ4n) is 3.18. The van der Waals surface area contributed by atoms with Gasteiger partial charge in [0, 0.05) is 17.3 Å². The maximum absolute atomic E-state index is 12.3. The van der Waals surface area contributed by atoms with Crippen molar-refractivity contribution in [2.24, 2.45) is 0 Å². The molecular weight excluding hydrogens is 491 g/mol. The SMILES string of the molecule is COc1cccc2c(Nc3ccc(OC(=O)c4ccccc4)cc3C)c(I)cnc12. The maximum atomic E-state index is 12.3. The van der Waals surface area contributed by atoms with Crippen LogP contribution < -0.4 is 14.8 Å². The van der Waals surface area contributed by atoms with Gasteiger partial charge in [-0.15, -0.1) is 0 Å². The van der Waals surface area contributed by atoms with E-state index in [1.165, 1.54) is 0 Å². The number of carbonyl (C=O) groups excluding carboxylic acids is 1. The molecule has 0 fully saturated rings. The first-order valence-corrected chi connectivity index (χ1v) is 10.4. The van der Waals surface area contributed by atoms with Gasteiger partial charge in [-0.25, -0.2) is 4.79 Å². The van der Waals surface area contributed by atoms with E-state index in [1.54, 1.807) is 25.3 Å². The minimum atomic E-state index is -0.377. The summed E-state index contributed by atoms with van der Waals surface area (Å²) < 4.78 is 12.0. The molecule has 0 amide bonds. The monoisotopic (exact) mass is 510 g/mol. The summed E-state index contributed by atoms with van der Waals surface area (Å²) in [7, 11) is 1.64. The fourth-order valence-corrected chi connectivity index (χ4v) is 3.74. The molecule has 0 spiro atoms. The van der Waals surface area contributed by atoms with Gasteiger partial charge in [-0.05, 0) is 71.5 Å². The number of aromatic nitrogens is 1. The first kappa shape index (κ1) is 20.2. The van der Waals surface area contributed by atoms with E-state index in [0.717, 1.165) is 37.2 Å². The van der Waals surface area contributed by atoms with Gasteiger partial charge in [0.2, 0.25) is 0 Å². The van der Waals surface area contributed by atoms with Gasteiger partial charge < -0.3 is 14.8 Å². The van der Waals surface area contributed by atoms with Crippen LogP contribution in [0.2, 0.25) is 0 Å². The normalized spacial score (nSPS) is 10.6. The summed E-state index contributed by atoms with van der Waals surface area (Å²) in [6, 6.07) is 20.3. The summed E-state index contributed by atoms with van der Waals surface area (Å²) in [4.78, 5) is 16.8. The van der Waals surface area contributed by atoms with E-state index < -0.39 is 0 Å². The van der Waals surface area contributed by atoms with Crippen molar-refractivity contribution in [3.05, 3.63) is 87.6 Å². The van der Waals surface area contributed by atoms with E-state index in [1.807, 2.05) is 61.7 Å². The molecule has 0 saturated heterocycles. The Morgan fingerprint density at radius 3 is 2.57 bits per heavy atom. The molecule has 0 atom stereocenters. The standard InChI is InChI=1S/C24H19IN2O3/c1-15-13-17(30-24(28)16-7-4-3-5-8-16)11-12-20(15)27-22-18-9-6-10-21(29-2)23(18)26-14-19(22)25/h3-14H,1-2H3,(H,26,27). The first-order valence-electron chi connectivity index (χ1n) is 9.33. The molecule has 0 aliphatic carbocycles. The Morgan fingerprint density at radius 2 is 1.83 bits per heavy atom. The fraction of sp³-hybridized carbons (Fsp3) is 0.0833. The van der Waals surface area contributed by atoms with E-state index in [4.69, 9.17) is 9.47 Å². The van der Waals surface area contributed by atoms with Crippen LogP contribution in [-0.2, 0) is 0 Å². The Kier molecular flexibility index (Phi) is 5.85. The Morgan fingerprint density at radius 1 is 1.03 bits per heavy atom.